The molecule has 0 spiro atoms. The van der Waals surface area contributed by atoms with Gasteiger partial charge in [-0.15, -0.1) is 11.3 Å². The topological polar surface area (TPSA) is 75.6 Å². The van der Waals surface area contributed by atoms with Crippen LogP contribution in [0.1, 0.15) is 27.7 Å². The highest BCUT2D eigenvalue weighted by atomic mass is 32.1. The van der Waals surface area contributed by atoms with Crippen molar-refractivity contribution in [2.75, 3.05) is 6.61 Å². The molecular formula is C16H17NO4S. The summed E-state index contributed by atoms with van der Waals surface area (Å²) in [7, 11) is 0. The fraction of sp³-hybridized carbons (Fsp3) is 0.250. The lowest BCUT2D eigenvalue weighted by atomic mass is 10.2. The number of thiophene rings is 1. The van der Waals surface area contributed by atoms with E-state index in [-0.39, 0.29) is 12.5 Å². The molecule has 1 aromatic carbocycles. The standard InChI is InChI=1S/C16H17NO4S/c1-2-12-6-7-22-15(12)16(20)17-9-11-4-3-5-13(8-11)21-10-14(18)19/h3-8H,2,9-10H2,1H3,(H,17,20)(H,18,19). The van der Waals surface area contributed by atoms with Gasteiger partial charge in [-0.25, -0.2) is 4.79 Å². The highest BCUT2D eigenvalue weighted by Gasteiger charge is 2.11. The van der Waals surface area contributed by atoms with E-state index in [4.69, 9.17) is 9.84 Å². The smallest absolute Gasteiger partial charge is 0.341 e. The van der Waals surface area contributed by atoms with E-state index in [2.05, 4.69) is 5.32 Å². The normalized spacial score (nSPS) is 10.2. The van der Waals surface area contributed by atoms with Crippen LogP contribution < -0.4 is 10.1 Å². The Morgan fingerprint density at radius 1 is 1.32 bits per heavy atom. The van der Waals surface area contributed by atoms with Crippen molar-refractivity contribution in [3.63, 3.8) is 0 Å². The third-order valence-corrected chi connectivity index (χ3v) is 4.00. The first-order valence-electron chi connectivity index (χ1n) is 6.88. The van der Waals surface area contributed by atoms with Crippen molar-refractivity contribution >= 4 is 23.2 Å². The number of amides is 1. The lowest BCUT2D eigenvalue weighted by molar-refractivity contribution is -0.139. The van der Waals surface area contributed by atoms with Crippen molar-refractivity contribution < 1.29 is 19.4 Å². The number of hydrogen-bond donors (Lipinski definition) is 2. The fourth-order valence-corrected chi connectivity index (χ4v) is 2.88. The van der Waals surface area contributed by atoms with Crippen LogP contribution in [0, 0.1) is 0 Å². The largest absolute Gasteiger partial charge is 0.482 e. The second-order valence-electron chi connectivity index (χ2n) is 4.64. The van der Waals surface area contributed by atoms with Crippen LogP contribution in [0.5, 0.6) is 5.75 Å². The lowest BCUT2D eigenvalue weighted by Crippen LogP contribution is -2.22. The summed E-state index contributed by atoms with van der Waals surface area (Å²) in [6, 6.07) is 8.98. The van der Waals surface area contributed by atoms with E-state index in [0.29, 0.717) is 12.3 Å². The molecule has 0 saturated heterocycles. The Kier molecular flexibility index (Phi) is 5.55. The fourth-order valence-electron chi connectivity index (χ4n) is 1.97. The molecule has 2 N–H and O–H groups in total. The van der Waals surface area contributed by atoms with Gasteiger partial charge in [0.1, 0.15) is 5.75 Å². The third-order valence-electron chi connectivity index (χ3n) is 3.05. The summed E-state index contributed by atoms with van der Waals surface area (Å²) in [5, 5.41) is 13.4. The summed E-state index contributed by atoms with van der Waals surface area (Å²) in [4.78, 5) is 23.4. The molecule has 22 heavy (non-hydrogen) atoms. The van der Waals surface area contributed by atoms with E-state index in [1.54, 1.807) is 18.2 Å². The van der Waals surface area contributed by atoms with Gasteiger partial charge in [-0.05, 0) is 41.1 Å². The summed E-state index contributed by atoms with van der Waals surface area (Å²) >= 11 is 1.43. The quantitative estimate of drug-likeness (QED) is 0.823. The first kappa shape index (κ1) is 16.0. The Morgan fingerprint density at radius 3 is 2.86 bits per heavy atom. The van der Waals surface area contributed by atoms with Crippen LogP contribution in [0.15, 0.2) is 35.7 Å². The molecule has 0 atom stereocenters. The Labute approximate surface area is 132 Å². The molecule has 0 aliphatic rings. The molecule has 0 aliphatic carbocycles. The Hall–Kier alpha value is -2.34. The molecule has 0 unspecified atom stereocenters. The van der Waals surface area contributed by atoms with E-state index >= 15 is 0 Å². The van der Waals surface area contributed by atoms with Crippen LogP contribution in [0.25, 0.3) is 0 Å². The Balaban J connectivity index is 1.95. The number of aliphatic carboxylic acids is 1. The maximum Gasteiger partial charge on any atom is 0.341 e. The molecule has 0 aliphatic heterocycles. The predicted molar refractivity (Wildman–Crippen MR) is 84.4 cm³/mol. The van der Waals surface area contributed by atoms with E-state index < -0.39 is 5.97 Å². The summed E-state index contributed by atoms with van der Waals surface area (Å²) < 4.78 is 5.11. The lowest BCUT2D eigenvalue weighted by Gasteiger charge is -2.08. The number of carboxylic acids is 1. The molecule has 116 valence electrons. The molecule has 1 aromatic heterocycles. The van der Waals surface area contributed by atoms with Gasteiger partial charge in [0.15, 0.2) is 6.61 Å². The minimum Gasteiger partial charge on any atom is -0.482 e. The number of nitrogens with one attached hydrogen (secondary N) is 1. The molecule has 0 radical (unpaired) electrons. The number of carbonyl (C=O) groups excluding carboxylic acids is 1. The average molecular weight is 319 g/mol. The van der Waals surface area contributed by atoms with Crippen LogP contribution >= 0.6 is 11.3 Å². The summed E-state index contributed by atoms with van der Waals surface area (Å²) in [6.45, 7) is 2.00. The molecule has 1 amide bonds. The maximum absolute atomic E-state index is 12.1. The van der Waals surface area contributed by atoms with Crippen LogP contribution in [0.4, 0.5) is 0 Å². The van der Waals surface area contributed by atoms with Gasteiger partial charge in [0.05, 0.1) is 4.88 Å². The average Bonchev–Trinajstić information content (AvgIpc) is 2.99. The SMILES string of the molecule is CCc1ccsc1C(=O)NCc1cccc(OCC(=O)O)c1. The highest BCUT2D eigenvalue weighted by molar-refractivity contribution is 7.12. The van der Waals surface area contributed by atoms with Gasteiger partial charge < -0.3 is 15.2 Å². The van der Waals surface area contributed by atoms with Crippen molar-refractivity contribution in [2.45, 2.75) is 19.9 Å². The molecule has 2 aromatic rings. The highest BCUT2D eigenvalue weighted by Crippen LogP contribution is 2.18. The van der Waals surface area contributed by atoms with Crippen LogP contribution in [0.3, 0.4) is 0 Å². The number of rotatable bonds is 7. The number of carboxylic acid groups (broad SMARTS) is 1. The summed E-state index contributed by atoms with van der Waals surface area (Å²) in [5.41, 5.74) is 1.90. The minimum absolute atomic E-state index is 0.0938. The van der Waals surface area contributed by atoms with Gasteiger partial charge in [-0.1, -0.05) is 19.1 Å². The van der Waals surface area contributed by atoms with E-state index in [9.17, 15) is 9.59 Å². The maximum atomic E-state index is 12.1. The number of hydrogen-bond acceptors (Lipinski definition) is 4. The van der Waals surface area contributed by atoms with Gasteiger partial charge in [0.2, 0.25) is 0 Å². The molecule has 2 rings (SSSR count). The van der Waals surface area contributed by atoms with E-state index in [1.807, 2.05) is 24.4 Å². The summed E-state index contributed by atoms with van der Waals surface area (Å²) in [5.74, 6) is -0.647. The first-order valence-corrected chi connectivity index (χ1v) is 7.76. The van der Waals surface area contributed by atoms with Crippen molar-refractivity contribution in [3.8, 4) is 5.75 Å². The third kappa shape index (κ3) is 4.33. The van der Waals surface area contributed by atoms with Crippen molar-refractivity contribution in [1.29, 1.82) is 0 Å². The van der Waals surface area contributed by atoms with Crippen molar-refractivity contribution in [2.24, 2.45) is 0 Å². The van der Waals surface area contributed by atoms with Crippen LogP contribution in [-0.4, -0.2) is 23.6 Å². The van der Waals surface area contributed by atoms with Crippen molar-refractivity contribution in [3.05, 3.63) is 51.7 Å². The van der Waals surface area contributed by atoms with Crippen LogP contribution in [-0.2, 0) is 17.8 Å². The number of benzene rings is 1. The molecular weight excluding hydrogens is 302 g/mol. The van der Waals surface area contributed by atoms with Crippen molar-refractivity contribution in [1.82, 2.24) is 5.32 Å². The zero-order valence-electron chi connectivity index (χ0n) is 12.2. The van der Waals surface area contributed by atoms with Gasteiger partial charge in [0, 0.05) is 6.54 Å². The van der Waals surface area contributed by atoms with E-state index in [0.717, 1.165) is 22.4 Å². The van der Waals surface area contributed by atoms with Gasteiger partial charge in [-0.2, -0.15) is 0 Å². The minimum atomic E-state index is -1.02. The number of carbonyl (C=O) groups is 2. The Bertz CT molecular complexity index is 666. The first-order chi connectivity index (χ1) is 10.6. The van der Waals surface area contributed by atoms with Gasteiger partial charge in [-0.3, -0.25) is 4.79 Å². The van der Waals surface area contributed by atoms with Crippen LogP contribution in [0.2, 0.25) is 0 Å². The molecule has 0 saturated carbocycles. The number of aryl methyl sites for hydroxylation is 1. The van der Waals surface area contributed by atoms with E-state index in [1.165, 1.54) is 11.3 Å². The molecule has 1 heterocycles. The summed E-state index contributed by atoms with van der Waals surface area (Å²) in [6.07, 6.45) is 0.824. The Morgan fingerprint density at radius 2 is 2.14 bits per heavy atom. The number of ether oxygens (including phenoxy) is 1. The van der Waals surface area contributed by atoms with Gasteiger partial charge >= 0.3 is 5.97 Å². The molecule has 0 bridgehead atoms. The zero-order chi connectivity index (χ0) is 15.9. The second kappa shape index (κ2) is 7.61. The second-order valence-corrected chi connectivity index (χ2v) is 5.56. The zero-order valence-corrected chi connectivity index (χ0v) is 13.0. The molecule has 0 fully saturated rings. The molecule has 6 heteroatoms. The monoisotopic (exact) mass is 319 g/mol. The van der Waals surface area contributed by atoms with Gasteiger partial charge in [0.25, 0.3) is 5.91 Å². The predicted octanol–water partition coefficient (Wildman–Crippen LogP) is 2.70. The molecule has 5 nitrogen and oxygen atoms in total.